The van der Waals surface area contributed by atoms with Crippen LogP contribution in [0.4, 0.5) is 26.3 Å². The van der Waals surface area contributed by atoms with Crippen LogP contribution in [0, 0.1) is 13.8 Å². The lowest BCUT2D eigenvalue weighted by atomic mass is 9.88. The highest BCUT2D eigenvalue weighted by Gasteiger charge is 2.41. The van der Waals surface area contributed by atoms with Gasteiger partial charge in [0.2, 0.25) is 0 Å². The number of halogens is 6. The minimum absolute atomic E-state index is 0.0521. The number of alkyl halides is 6. The monoisotopic (exact) mass is 718 g/mol. The number of likely N-dealkylation sites (tertiary alicyclic amines) is 2. The molecular weight excluding hydrogens is 678 g/mol. The summed E-state index contributed by atoms with van der Waals surface area (Å²) in [7, 11) is 2.95. The Bertz CT molecular complexity index is 1880. The summed E-state index contributed by atoms with van der Waals surface area (Å²) in [6.07, 6.45) is -5.77. The Hall–Kier alpha value is -4.21. The van der Waals surface area contributed by atoms with Crippen molar-refractivity contribution < 1.29 is 40.6 Å². The molecule has 4 aromatic rings. The van der Waals surface area contributed by atoms with Crippen LogP contribution >= 0.6 is 0 Å². The number of hydrogen-bond acceptors (Lipinski definition) is 6. The molecule has 274 valence electrons. The molecule has 15 heteroatoms. The third kappa shape index (κ3) is 7.28. The van der Waals surface area contributed by atoms with Gasteiger partial charge in [0.05, 0.1) is 58.7 Å². The Kier molecular flexibility index (Phi) is 10.3. The summed E-state index contributed by atoms with van der Waals surface area (Å²) in [5, 5.41) is 9.30. The highest BCUT2D eigenvalue weighted by atomic mass is 19.4. The van der Waals surface area contributed by atoms with Crippen LogP contribution in [0.2, 0.25) is 0 Å². The first kappa shape index (κ1) is 36.6. The molecule has 2 aliphatic heterocycles. The van der Waals surface area contributed by atoms with Crippen molar-refractivity contribution in [3.63, 3.8) is 0 Å². The van der Waals surface area contributed by atoms with Gasteiger partial charge in [-0.2, -0.15) is 36.5 Å². The maximum Gasteiger partial charge on any atom is 0.416 e. The van der Waals surface area contributed by atoms with E-state index in [9.17, 15) is 31.1 Å². The molecule has 0 aliphatic carbocycles. The largest absolute Gasteiger partial charge is 0.416 e. The lowest BCUT2D eigenvalue weighted by Gasteiger charge is -2.43. The fourth-order valence-corrected chi connectivity index (χ4v) is 7.50. The Morgan fingerprint density at radius 3 is 1.86 bits per heavy atom. The lowest BCUT2D eigenvalue weighted by molar-refractivity contribution is -0.138. The van der Waals surface area contributed by atoms with Crippen LogP contribution < -0.4 is 0 Å². The van der Waals surface area contributed by atoms with E-state index in [1.54, 1.807) is 24.8 Å². The second kappa shape index (κ2) is 14.4. The van der Waals surface area contributed by atoms with Crippen molar-refractivity contribution in [2.75, 3.05) is 33.9 Å². The number of piperidine rings is 1. The van der Waals surface area contributed by atoms with Crippen molar-refractivity contribution in [3.05, 3.63) is 93.6 Å². The van der Waals surface area contributed by atoms with Crippen molar-refractivity contribution in [3.8, 4) is 11.4 Å². The molecule has 0 spiro atoms. The first-order valence-corrected chi connectivity index (χ1v) is 16.8. The Labute approximate surface area is 291 Å². The molecule has 51 heavy (non-hydrogen) atoms. The van der Waals surface area contributed by atoms with Gasteiger partial charge in [0, 0.05) is 38.1 Å². The van der Waals surface area contributed by atoms with Gasteiger partial charge in [-0.05, 0) is 89.0 Å². The van der Waals surface area contributed by atoms with E-state index >= 15 is 0 Å². The van der Waals surface area contributed by atoms with Crippen molar-refractivity contribution in [1.82, 2.24) is 29.4 Å². The third-order valence-corrected chi connectivity index (χ3v) is 9.87. The third-order valence-electron chi connectivity index (χ3n) is 9.87. The predicted octanol–water partition coefficient (Wildman–Crippen LogP) is 7.45. The van der Waals surface area contributed by atoms with Gasteiger partial charge in [0.1, 0.15) is 5.69 Å². The number of aromatic nitrogens is 4. The van der Waals surface area contributed by atoms with E-state index in [-0.39, 0.29) is 47.8 Å². The van der Waals surface area contributed by atoms with Crippen LogP contribution in [-0.4, -0.2) is 75.2 Å². The van der Waals surface area contributed by atoms with Gasteiger partial charge in [-0.15, -0.1) is 0 Å². The molecule has 2 saturated heterocycles. The van der Waals surface area contributed by atoms with Crippen LogP contribution in [0.5, 0.6) is 0 Å². The highest BCUT2D eigenvalue weighted by molar-refractivity contribution is 5.97. The van der Waals surface area contributed by atoms with Gasteiger partial charge in [-0.1, -0.05) is 12.1 Å². The molecule has 2 unspecified atom stereocenters. The maximum absolute atomic E-state index is 14.9. The van der Waals surface area contributed by atoms with Gasteiger partial charge in [-0.3, -0.25) is 4.79 Å². The Morgan fingerprint density at radius 1 is 0.784 bits per heavy atom. The quantitative estimate of drug-likeness (QED) is 0.168. The smallest absolute Gasteiger partial charge is 0.378 e. The molecule has 0 radical (unpaired) electrons. The van der Waals surface area contributed by atoms with E-state index in [1.807, 2.05) is 0 Å². The first-order valence-electron chi connectivity index (χ1n) is 16.8. The zero-order valence-electron chi connectivity index (χ0n) is 28.8. The van der Waals surface area contributed by atoms with Gasteiger partial charge in [-0.25, -0.2) is 9.36 Å². The van der Waals surface area contributed by atoms with Crippen molar-refractivity contribution in [1.29, 1.82) is 0 Å². The van der Waals surface area contributed by atoms with Gasteiger partial charge in [0.25, 0.3) is 5.91 Å². The van der Waals surface area contributed by atoms with Crippen LogP contribution in [0.15, 0.2) is 48.5 Å². The molecule has 2 aromatic carbocycles. The molecule has 4 heterocycles. The lowest BCUT2D eigenvalue weighted by Crippen LogP contribution is -2.48. The number of amides is 1. The molecule has 2 atom stereocenters. The number of rotatable bonds is 9. The molecular formula is C36H40F6N6O3. The van der Waals surface area contributed by atoms with Crippen LogP contribution in [0.3, 0.4) is 0 Å². The molecule has 0 saturated carbocycles. The average Bonchev–Trinajstić information content (AvgIpc) is 3.82. The molecule has 6 rings (SSSR count). The summed E-state index contributed by atoms with van der Waals surface area (Å²) in [4.78, 5) is 19.0. The molecule has 2 aromatic heterocycles. The van der Waals surface area contributed by atoms with Crippen LogP contribution in [0.1, 0.15) is 81.5 Å². The van der Waals surface area contributed by atoms with E-state index in [1.165, 1.54) is 41.8 Å². The summed E-state index contributed by atoms with van der Waals surface area (Å²) in [5.74, 6) is -0.378. The molecule has 2 fully saturated rings. The van der Waals surface area contributed by atoms with E-state index in [0.29, 0.717) is 42.0 Å². The number of hydrogen-bond donors (Lipinski definition) is 0. The van der Waals surface area contributed by atoms with E-state index < -0.39 is 29.5 Å². The predicted molar refractivity (Wildman–Crippen MR) is 176 cm³/mol. The highest BCUT2D eigenvalue weighted by Crippen LogP contribution is 2.41. The van der Waals surface area contributed by atoms with Crippen molar-refractivity contribution in [2.24, 2.45) is 0 Å². The average molecular weight is 719 g/mol. The van der Waals surface area contributed by atoms with Gasteiger partial charge in [0.15, 0.2) is 0 Å². The molecule has 0 N–H and O–H groups in total. The van der Waals surface area contributed by atoms with E-state index in [2.05, 4.69) is 10.00 Å². The summed E-state index contributed by atoms with van der Waals surface area (Å²) >= 11 is 0. The number of carbonyl (C=O) groups is 1. The molecule has 2 aliphatic rings. The second-order valence-corrected chi connectivity index (χ2v) is 13.1. The molecule has 0 bridgehead atoms. The number of methoxy groups -OCH3 is 2. The van der Waals surface area contributed by atoms with E-state index in [0.717, 1.165) is 50.2 Å². The Balaban J connectivity index is 1.46. The SMILES string of the molecule is COCc1nn(-c2cccc(C(F)(F)F)c2)c(C)c1C(=O)N1CCC(N2CCCC2)CC1c1c(COC)nn(-c2cccc(C(F)(F)F)c2)c1C. The van der Waals surface area contributed by atoms with Crippen LogP contribution in [-0.2, 0) is 35.0 Å². The van der Waals surface area contributed by atoms with Crippen molar-refractivity contribution >= 4 is 5.91 Å². The number of ether oxygens (including phenoxy) is 2. The number of benzene rings is 2. The second-order valence-electron chi connectivity index (χ2n) is 13.1. The summed E-state index contributed by atoms with van der Waals surface area (Å²) < 4.78 is 95.7. The molecule has 1 amide bonds. The maximum atomic E-state index is 14.9. The fourth-order valence-electron chi connectivity index (χ4n) is 7.50. The minimum Gasteiger partial charge on any atom is -0.378 e. The van der Waals surface area contributed by atoms with Crippen molar-refractivity contribution in [2.45, 2.75) is 77.2 Å². The minimum atomic E-state index is -4.58. The standard InChI is InChI=1S/C36H40F6N6O3/c1-22-32(29(20-50-3)43-47(22)27-11-7-9-24(17-27)35(37,38)39)31-19-26(45-14-5-6-15-45)13-16-46(31)34(49)33-23(2)48(44-30(33)21-51-4)28-12-8-10-25(18-28)36(40,41)42/h7-12,17-18,26,31H,5-6,13-16,19-21H2,1-4H3. The first-order chi connectivity index (χ1) is 24.2. The number of carbonyl (C=O) groups excluding carboxylic acids is 1. The Morgan fingerprint density at radius 2 is 1.31 bits per heavy atom. The fraction of sp³-hybridized carbons (Fsp3) is 0.472. The zero-order chi connectivity index (χ0) is 36.7. The summed E-state index contributed by atoms with van der Waals surface area (Å²) in [5.41, 5.74) is 1.28. The van der Waals surface area contributed by atoms with Crippen LogP contribution in [0.25, 0.3) is 11.4 Å². The number of nitrogens with zero attached hydrogens (tertiary/aromatic N) is 6. The topological polar surface area (TPSA) is 77.7 Å². The normalized spacial score (nSPS) is 18.9. The molecule has 9 nitrogen and oxygen atoms in total. The zero-order valence-corrected chi connectivity index (χ0v) is 28.8. The summed E-state index contributed by atoms with van der Waals surface area (Å²) in [6, 6.07) is 9.25. The van der Waals surface area contributed by atoms with E-state index in [4.69, 9.17) is 14.6 Å². The van der Waals surface area contributed by atoms with Gasteiger partial charge >= 0.3 is 12.4 Å². The van der Waals surface area contributed by atoms with Gasteiger partial charge < -0.3 is 19.3 Å². The summed E-state index contributed by atoms with van der Waals surface area (Å²) in [6.45, 7) is 5.61.